The van der Waals surface area contributed by atoms with Gasteiger partial charge in [0.15, 0.2) is 0 Å². The number of halogens is 1. The standard InChI is InChI=1S/C20H25ClN4O/c1-2-24-10-12-25(13-11-24)19-7-6-17(15-23-19)20(26)22-9-8-16-4-3-5-18(21)14-16/h3-7,14-15H,2,8-13H2,1H3,(H,22,26). The van der Waals surface area contributed by atoms with E-state index in [1.165, 1.54) is 0 Å². The molecule has 1 saturated heterocycles. The van der Waals surface area contributed by atoms with Crippen LogP contribution < -0.4 is 10.2 Å². The molecule has 5 nitrogen and oxygen atoms in total. The molecule has 0 spiro atoms. The van der Waals surface area contributed by atoms with Crippen LogP contribution in [-0.2, 0) is 6.42 Å². The molecule has 0 atom stereocenters. The number of piperazine rings is 1. The average molecular weight is 373 g/mol. The van der Waals surface area contributed by atoms with E-state index in [9.17, 15) is 4.79 Å². The second-order valence-electron chi connectivity index (χ2n) is 6.46. The molecule has 1 aromatic heterocycles. The Morgan fingerprint density at radius 3 is 2.65 bits per heavy atom. The first-order chi connectivity index (χ1) is 12.7. The van der Waals surface area contributed by atoms with Crippen molar-refractivity contribution < 1.29 is 4.79 Å². The molecule has 2 heterocycles. The van der Waals surface area contributed by atoms with Gasteiger partial charge in [-0.05, 0) is 42.8 Å². The lowest BCUT2D eigenvalue weighted by Crippen LogP contribution is -2.46. The summed E-state index contributed by atoms with van der Waals surface area (Å²) in [5, 5.41) is 3.65. The molecule has 0 aliphatic carbocycles. The number of hydrogen-bond donors (Lipinski definition) is 1. The molecule has 2 aromatic rings. The Balaban J connectivity index is 1.49. The highest BCUT2D eigenvalue weighted by molar-refractivity contribution is 6.30. The van der Waals surface area contributed by atoms with E-state index in [0.717, 1.165) is 50.5 Å². The van der Waals surface area contributed by atoms with Gasteiger partial charge in [0.1, 0.15) is 5.82 Å². The van der Waals surface area contributed by atoms with Crippen LogP contribution in [0.1, 0.15) is 22.8 Å². The summed E-state index contributed by atoms with van der Waals surface area (Å²) < 4.78 is 0. The summed E-state index contributed by atoms with van der Waals surface area (Å²) in [6.45, 7) is 7.93. The van der Waals surface area contributed by atoms with Crippen LogP contribution in [0.3, 0.4) is 0 Å². The van der Waals surface area contributed by atoms with E-state index in [1.54, 1.807) is 6.20 Å². The molecule has 1 amide bonds. The van der Waals surface area contributed by atoms with Gasteiger partial charge in [-0.3, -0.25) is 4.79 Å². The van der Waals surface area contributed by atoms with Gasteiger partial charge in [-0.15, -0.1) is 0 Å². The summed E-state index contributed by atoms with van der Waals surface area (Å²) in [4.78, 5) is 21.5. The monoisotopic (exact) mass is 372 g/mol. The van der Waals surface area contributed by atoms with Crippen molar-refractivity contribution >= 4 is 23.3 Å². The lowest BCUT2D eigenvalue weighted by molar-refractivity contribution is 0.0954. The molecule has 1 fully saturated rings. The maximum absolute atomic E-state index is 12.3. The molecule has 1 aromatic carbocycles. The molecule has 138 valence electrons. The van der Waals surface area contributed by atoms with Gasteiger partial charge in [-0.25, -0.2) is 4.98 Å². The summed E-state index contributed by atoms with van der Waals surface area (Å²) in [6, 6.07) is 11.5. The van der Waals surface area contributed by atoms with E-state index < -0.39 is 0 Å². The second-order valence-corrected chi connectivity index (χ2v) is 6.90. The first-order valence-electron chi connectivity index (χ1n) is 9.11. The molecule has 0 bridgehead atoms. The maximum atomic E-state index is 12.3. The predicted octanol–water partition coefficient (Wildman–Crippen LogP) is 2.85. The van der Waals surface area contributed by atoms with Gasteiger partial charge >= 0.3 is 0 Å². The number of carbonyl (C=O) groups excluding carboxylic acids is 1. The summed E-state index contributed by atoms with van der Waals surface area (Å²) in [5.74, 6) is 0.845. The van der Waals surface area contributed by atoms with Gasteiger partial charge in [0.25, 0.3) is 5.91 Å². The Labute approximate surface area is 160 Å². The minimum atomic E-state index is -0.0955. The molecule has 26 heavy (non-hydrogen) atoms. The van der Waals surface area contributed by atoms with Crippen molar-refractivity contribution in [3.63, 3.8) is 0 Å². The Kier molecular flexibility index (Phi) is 6.47. The van der Waals surface area contributed by atoms with Crippen LogP contribution in [-0.4, -0.2) is 55.1 Å². The smallest absolute Gasteiger partial charge is 0.252 e. The fourth-order valence-corrected chi connectivity index (χ4v) is 3.33. The van der Waals surface area contributed by atoms with Crippen LogP contribution in [0.25, 0.3) is 0 Å². The number of hydrogen-bond acceptors (Lipinski definition) is 4. The third-order valence-corrected chi connectivity index (χ3v) is 4.98. The number of anilines is 1. The zero-order chi connectivity index (χ0) is 18.4. The van der Waals surface area contributed by atoms with Gasteiger partial charge in [-0.1, -0.05) is 30.7 Å². The van der Waals surface area contributed by atoms with Crippen LogP contribution in [0.15, 0.2) is 42.6 Å². The van der Waals surface area contributed by atoms with Crippen molar-refractivity contribution in [2.45, 2.75) is 13.3 Å². The minimum absolute atomic E-state index is 0.0955. The molecule has 0 saturated carbocycles. The van der Waals surface area contributed by atoms with Gasteiger partial charge in [0, 0.05) is 43.9 Å². The third-order valence-electron chi connectivity index (χ3n) is 4.74. The Morgan fingerprint density at radius 1 is 1.19 bits per heavy atom. The molecular formula is C20H25ClN4O. The highest BCUT2D eigenvalue weighted by atomic mass is 35.5. The number of nitrogens with zero attached hydrogens (tertiary/aromatic N) is 3. The van der Waals surface area contributed by atoms with Crippen molar-refractivity contribution in [3.8, 4) is 0 Å². The van der Waals surface area contributed by atoms with Crippen LogP contribution in [0.2, 0.25) is 5.02 Å². The van der Waals surface area contributed by atoms with Crippen molar-refractivity contribution in [3.05, 3.63) is 58.7 Å². The normalized spacial score (nSPS) is 15.1. The van der Waals surface area contributed by atoms with E-state index in [1.807, 2.05) is 36.4 Å². The summed E-state index contributed by atoms with van der Waals surface area (Å²) in [6.07, 6.45) is 2.41. The van der Waals surface area contributed by atoms with E-state index >= 15 is 0 Å². The number of carbonyl (C=O) groups is 1. The second kappa shape index (κ2) is 9.01. The van der Waals surface area contributed by atoms with Crippen molar-refractivity contribution in [1.82, 2.24) is 15.2 Å². The van der Waals surface area contributed by atoms with E-state index in [2.05, 4.69) is 27.0 Å². The van der Waals surface area contributed by atoms with Gasteiger partial charge in [0.2, 0.25) is 0 Å². The molecule has 1 aliphatic rings. The SMILES string of the molecule is CCN1CCN(c2ccc(C(=O)NCCc3cccc(Cl)c3)cn2)CC1. The summed E-state index contributed by atoms with van der Waals surface area (Å²) in [7, 11) is 0. The fourth-order valence-electron chi connectivity index (χ4n) is 3.12. The summed E-state index contributed by atoms with van der Waals surface area (Å²) >= 11 is 5.98. The molecule has 1 aliphatic heterocycles. The van der Waals surface area contributed by atoms with Gasteiger partial charge < -0.3 is 15.1 Å². The van der Waals surface area contributed by atoms with Crippen LogP contribution in [0.5, 0.6) is 0 Å². The van der Waals surface area contributed by atoms with E-state index in [0.29, 0.717) is 17.1 Å². The van der Waals surface area contributed by atoms with Crippen LogP contribution in [0, 0.1) is 0 Å². The first-order valence-corrected chi connectivity index (χ1v) is 9.49. The van der Waals surface area contributed by atoms with Gasteiger partial charge in [0.05, 0.1) is 5.56 Å². The third kappa shape index (κ3) is 4.96. The molecule has 3 rings (SSSR count). The number of amides is 1. The lowest BCUT2D eigenvalue weighted by Gasteiger charge is -2.34. The Bertz CT molecular complexity index is 727. The maximum Gasteiger partial charge on any atom is 0.252 e. The van der Waals surface area contributed by atoms with Crippen molar-refractivity contribution in [1.29, 1.82) is 0 Å². The fraction of sp³-hybridized carbons (Fsp3) is 0.400. The number of rotatable bonds is 6. The largest absolute Gasteiger partial charge is 0.354 e. The quantitative estimate of drug-likeness (QED) is 0.847. The predicted molar refractivity (Wildman–Crippen MR) is 106 cm³/mol. The highest BCUT2D eigenvalue weighted by Crippen LogP contribution is 2.14. The number of aromatic nitrogens is 1. The van der Waals surface area contributed by atoms with Crippen LogP contribution in [0.4, 0.5) is 5.82 Å². The molecule has 0 unspecified atom stereocenters. The number of nitrogens with one attached hydrogen (secondary N) is 1. The molecule has 6 heteroatoms. The number of pyridine rings is 1. The number of benzene rings is 1. The topological polar surface area (TPSA) is 48.5 Å². The molecule has 0 radical (unpaired) electrons. The van der Waals surface area contributed by atoms with Gasteiger partial charge in [-0.2, -0.15) is 0 Å². The zero-order valence-electron chi connectivity index (χ0n) is 15.1. The number of likely N-dealkylation sites (N-methyl/N-ethyl adjacent to an activating group) is 1. The van der Waals surface area contributed by atoms with E-state index in [4.69, 9.17) is 11.6 Å². The van der Waals surface area contributed by atoms with Crippen molar-refractivity contribution in [2.24, 2.45) is 0 Å². The summed E-state index contributed by atoms with van der Waals surface area (Å²) in [5.41, 5.74) is 1.70. The highest BCUT2D eigenvalue weighted by Gasteiger charge is 2.17. The average Bonchev–Trinajstić information content (AvgIpc) is 2.68. The van der Waals surface area contributed by atoms with E-state index in [-0.39, 0.29) is 5.91 Å². The Morgan fingerprint density at radius 2 is 2.00 bits per heavy atom. The lowest BCUT2D eigenvalue weighted by atomic mass is 10.1. The zero-order valence-corrected chi connectivity index (χ0v) is 15.9. The minimum Gasteiger partial charge on any atom is -0.354 e. The first kappa shape index (κ1) is 18.7. The van der Waals surface area contributed by atoms with Crippen molar-refractivity contribution in [2.75, 3.05) is 44.2 Å². The van der Waals surface area contributed by atoms with Crippen LogP contribution >= 0.6 is 11.6 Å². The Hall–Kier alpha value is -2.11. The molecule has 1 N–H and O–H groups in total. The molecular weight excluding hydrogens is 348 g/mol.